The van der Waals surface area contributed by atoms with Gasteiger partial charge in [0.15, 0.2) is 0 Å². The van der Waals surface area contributed by atoms with Crippen LogP contribution in [0.15, 0.2) is 59.6 Å². The minimum atomic E-state index is -3.69. The number of hydrazine groups is 1. The molecule has 0 saturated heterocycles. The van der Waals surface area contributed by atoms with E-state index in [-0.39, 0.29) is 22.8 Å². The Kier molecular flexibility index (Phi) is 5.95. The van der Waals surface area contributed by atoms with Crippen LogP contribution in [0.2, 0.25) is 0 Å². The summed E-state index contributed by atoms with van der Waals surface area (Å²) in [5, 5.41) is 0.944. The molecule has 0 saturated carbocycles. The number of amides is 2. The van der Waals surface area contributed by atoms with Crippen molar-refractivity contribution in [2.24, 2.45) is 0 Å². The maximum absolute atomic E-state index is 12.3. The van der Waals surface area contributed by atoms with Gasteiger partial charge in [-0.15, -0.1) is 0 Å². The van der Waals surface area contributed by atoms with Crippen molar-refractivity contribution in [3.8, 4) is 0 Å². The maximum Gasteiger partial charge on any atom is 0.269 e. The molecule has 2 aromatic carbocycles. The number of aromatic amines is 1. The van der Waals surface area contributed by atoms with Crippen molar-refractivity contribution in [3.63, 3.8) is 0 Å². The molecule has 0 unspecified atom stereocenters. The fourth-order valence-electron chi connectivity index (χ4n) is 2.94. The summed E-state index contributed by atoms with van der Waals surface area (Å²) in [5.74, 6) is -0.920. The van der Waals surface area contributed by atoms with Gasteiger partial charge in [0.1, 0.15) is 0 Å². The Balaban J connectivity index is 1.59. The van der Waals surface area contributed by atoms with Gasteiger partial charge in [-0.3, -0.25) is 20.4 Å². The normalized spacial score (nSPS) is 12.0. The standard InChI is InChI=1S/C21H24N4O4S/c1-21(2,3)25-30(28,29)16-10-8-14(9-11-16)20(27)24-23-19(26)12-15-13-22-18-7-5-4-6-17(15)18/h4-11,13,22,25H,12H2,1-3H3,(H,23,26)(H,24,27). The average Bonchev–Trinajstić information content (AvgIpc) is 3.07. The molecule has 1 aromatic heterocycles. The predicted octanol–water partition coefficient (Wildman–Crippen LogP) is 2.25. The molecular weight excluding hydrogens is 404 g/mol. The monoisotopic (exact) mass is 428 g/mol. The Hall–Kier alpha value is -3.17. The van der Waals surface area contributed by atoms with Crippen molar-refractivity contribution in [1.29, 1.82) is 0 Å². The highest BCUT2D eigenvalue weighted by molar-refractivity contribution is 7.89. The minimum Gasteiger partial charge on any atom is -0.361 e. The summed E-state index contributed by atoms with van der Waals surface area (Å²) in [6, 6.07) is 13.1. The van der Waals surface area contributed by atoms with E-state index in [2.05, 4.69) is 20.6 Å². The zero-order chi connectivity index (χ0) is 21.9. The number of carbonyl (C=O) groups is 2. The number of rotatable bonds is 5. The Morgan fingerprint density at radius 3 is 2.30 bits per heavy atom. The van der Waals surface area contributed by atoms with Crippen molar-refractivity contribution in [1.82, 2.24) is 20.6 Å². The second-order valence-electron chi connectivity index (χ2n) is 7.92. The Labute approximate surface area is 175 Å². The van der Waals surface area contributed by atoms with Crippen molar-refractivity contribution < 1.29 is 18.0 Å². The fraction of sp³-hybridized carbons (Fsp3) is 0.238. The van der Waals surface area contributed by atoms with Crippen LogP contribution >= 0.6 is 0 Å². The quantitative estimate of drug-likeness (QED) is 0.466. The highest BCUT2D eigenvalue weighted by Crippen LogP contribution is 2.18. The summed E-state index contributed by atoms with van der Waals surface area (Å²) in [5.41, 5.74) is 6.07. The third kappa shape index (κ3) is 5.25. The molecule has 158 valence electrons. The number of fused-ring (bicyclic) bond motifs is 1. The molecule has 30 heavy (non-hydrogen) atoms. The number of benzene rings is 2. The molecule has 0 aliphatic rings. The summed E-state index contributed by atoms with van der Waals surface area (Å²) in [4.78, 5) is 27.6. The Morgan fingerprint density at radius 2 is 1.63 bits per heavy atom. The number of H-pyrrole nitrogens is 1. The first-order chi connectivity index (χ1) is 14.0. The molecule has 0 radical (unpaired) electrons. The molecule has 8 nitrogen and oxygen atoms in total. The third-order valence-electron chi connectivity index (χ3n) is 4.21. The lowest BCUT2D eigenvalue weighted by molar-refractivity contribution is -0.121. The molecule has 0 atom stereocenters. The highest BCUT2D eigenvalue weighted by Gasteiger charge is 2.22. The smallest absolute Gasteiger partial charge is 0.269 e. The van der Waals surface area contributed by atoms with Gasteiger partial charge in [-0.25, -0.2) is 13.1 Å². The van der Waals surface area contributed by atoms with Crippen LogP contribution in [0, 0.1) is 0 Å². The van der Waals surface area contributed by atoms with Crippen LogP contribution in [-0.4, -0.2) is 30.8 Å². The molecular formula is C21H24N4O4S. The van der Waals surface area contributed by atoms with E-state index in [1.807, 2.05) is 24.3 Å². The topological polar surface area (TPSA) is 120 Å². The molecule has 2 amide bonds. The SMILES string of the molecule is CC(C)(C)NS(=O)(=O)c1ccc(C(=O)NNC(=O)Cc2c[nH]c3ccccc23)cc1. The fourth-order valence-corrected chi connectivity index (χ4v) is 4.36. The second kappa shape index (κ2) is 8.29. The lowest BCUT2D eigenvalue weighted by Crippen LogP contribution is -2.42. The molecule has 4 N–H and O–H groups in total. The van der Waals surface area contributed by atoms with E-state index in [0.717, 1.165) is 16.5 Å². The van der Waals surface area contributed by atoms with Gasteiger partial charge in [0.25, 0.3) is 5.91 Å². The first-order valence-electron chi connectivity index (χ1n) is 9.33. The number of nitrogens with one attached hydrogen (secondary N) is 4. The molecule has 0 aliphatic heterocycles. The summed E-state index contributed by atoms with van der Waals surface area (Å²) in [6.07, 6.45) is 1.86. The van der Waals surface area contributed by atoms with Gasteiger partial charge in [-0.2, -0.15) is 0 Å². The van der Waals surface area contributed by atoms with E-state index in [4.69, 9.17) is 0 Å². The zero-order valence-corrected chi connectivity index (χ0v) is 17.8. The van der Waals surface area contributed by atoms with Gasteiger partial charge in [0.05, 0.1) is 11.3 Å². The third-order valence-corrected chi connectivity index (χ3v) is 5.98. The second-order valence-corrected chi connectivity index (χ2v) is 9.60. The summed E-state index contributed by atoms with van der Waals surface area (Å²) < 4.78 is 27.2. The van der Waals surface area contributed by atoms with Crippen LogP contribution in [0.1, 0.15) is 36.7 Å². The van der Waals surface area contributed by atoms with E-state index >= 15 is 0 Å². The van der Waals surface area contributed by atoms with Crippen molar-refractivity contribution >= 4 is 32.7 Å². The van der Waals surface area contributed by atoms with Gasteiger partial charge in [0.2, 0.25) is 15.9 Å². The van der Waals surface area contributed by atoms with E-state index in [1.165, 1.54) is 24.3 Å². The lowest BCUT2D eigenvalue weighted by atomic mass is 10.1. The Morgan fingerprint density at radius 1 is 0.967 bits per heavy atom. The maximum atomic E-state index is 12.3. The number of para-hydroxylation sites is 1. The molecule has 1 heterocycles. The summed E-state index contributed by atoms with van der Waals surface area (Å²) in [6.45, 7) is 5.22. The number of aromatic nitrogens is 1. The average molecular weight is 429 g/mol. The van der Waals surface area contributed by atoms with Gasteiger partial charge in [-0.1, -0.05) is 18.2 Å². The predicted molar refractivity (Wildman–Crippen MR) is 114 cm³/mol. The van der Waals surface area contributed by atoms with E-state index in [9.17, 15) is 18.0 Å². The van der Waals surface area contributed by atoms with Crippen molar-refractivity contribution in [2.75, 3.05) is 0 Å². The van der Waals surface area contributed by atoms with Crippen molar-refractivity contribution in [2.45, 2.75) is 37.6 Å². The van der Waals surface area contributed by atoms with Crippen LogP contribution < -0.4 is 15.6 Å². The lowest BCUT2D eigenvalue weighted by Gasteiger charge is -2.20. The number of hydrogen-bond donors (Lipinski definition) is 4. The first-order valence-corrected chi connectivity index (χ1v) is 10.8. The van der Waals surface area contributed by atoms with E-state index in [1.54, 1.807) is 27.0 Å². The molecule has 9 heteroatoms. The molecule has 0 bridgehead atoms. The summed E-state index contributed by atoms with van der Waals surface area (Å²) >= 11 is 0. The summed E-state index contributed by atoms with van der Waals surface area (Å²) in [7, 11) is -3.69. The first kappa shape index (κ1) is 21.5. The van der Waals surface area contributed by atoms with Gasteiger partial charge in [-0.05, 0) is 56.7 Å². The molecule has 3 rings (SSSR count). The highest BCUT2D eigenvalue weighted by atomic mass is 32.2. The molecule has 0 fully saturated rings. The van der Waals surface area contributed by atoms with Crippen LogP contribution in [-0.2, 0) is 21.2 Å². The minimum absolute atomic E-state index is 0.0531. The molecule has 0 aliphatic carbocycles. The molecule has 0 spiro atoms. The van der Waals surface area contributed by atoms with Crippen LogP contribution in [0.25, 0.3) is 10.9 Å². The Bertz CT molecular complexity index is 1180. The van der Waals surface area contributed by atoms with Gasteiger partial charge >= 0.3 is 0 Å². The number of sulfonamides is 1. The largest absolute Gasteiger partial charge is 0.361 e. The van der Waals surface area contributed by atoms with Gasteiger partial charge < -0.3 is 4.98 Å². The van der Waals surface area contributed by atoms with Gasteiger partial charge in [0, 0.05) is 28.2 Å². The number of hydrogen-bond acceptors (Lipinski definition) is 4. The van der Waals surface area contributed by atoms with Crippen LogP contribution in [0.5, 0.6) is 0 Å². The zero-order valence-electron chi connectivity index (χ0n) is 16.9. The van der Waals surface area contributed by atoms with E-state index in [0.29, 0.717) is 0 Å². The molecule has 3 aromatic rings. The van der Waals surface area contributed by atoms with Crippen molar-refractivity contribution in [3.05, 3.63) is 65.9 Å². The van der Waals surface area contributed by atoms with Crippen LogP contribution in [0.3, 0.4) is 0 Å². The van der Waals surface area contributed by atoms with E-state index < -0.39 is 21.5 Å². The van der Waals surface area contributed by atoms with Crippen LogP contribution in [0.4, 0.5) is 0 Å². The number of carbonyl (C=O) groups excluding carboxylic acids is 2.